The van der Waals surface area contributed by atoms with Crippen LogP contribution in [0.4, 0.5) is 0 Å². The van der Waals surface area contributed by atoms with E-state index in [-0.39, 0.29) is 29.7 Å². The molecule has 0 bridgehead atoms. The number of sulfone groups is 1. The Hall–Kier alpha value is -0.830. The molecule has 1 heterocycles. The lowest BCUT2D eigenvalue weighted by molar-refractivity contribution is 0.353. The van der Waals surface area contributed by atoms with Gasteiger partial charge in [-0.25, -0.2) is 8.42 Å². The Balaban J connectivity index is 0.00000225. The summed E-state index contributed by atoms with van der Waals surface area (Å²) in [6.45, 7) is 8.36. The minimum absolute atomic E-state index is 0. The van der Waals surface area contributed by atoms with Gasteiger partial charge in [-0.15, -0.1) is 24.0 Å². The highest BCUT2D eigenvalue weighted by Gasteiger charge is 2.52. The Kier molecular flexibility index (Phi) is 6.35. The van der Waals surface area contributed by atoms with Crippen LogP contribution in [0.3, 0.4) is 0 Å². The number of aliphatic imine (C=N–C) groups is 1. The number of halogens is 1. The number of hydrogen-bond donors (Lipinski definition) is 1. The number of guanidine groups is 1. The van der Waals surface area contributed by atoms with Crippen molar-refractivity contribution in [3.8, 4) is 0 Å². The molecule has 5 nitrogen and oxygen atoms in total. The van der Waals surface area contributed by atoms with E-state index in [2.05, 4.69) is 41.4 Å². The van der Waals surface area contributed by atoms with Crippen LogP contribution in [0.5, 0.6) is 0 Å². The van der Waals surface area contributed by atoms with Crippen molar-refractivity contribution in [3.05, 3.63) is 35.4 Å². The highest BCUT2D eigenvalue weighted by atomic mass is 127. The molecular formula is C21H32IN3O2S. The maximum Gasteiger partial charge on any atom is 0.194 e. The lowest BCUT2D eigenvalue weighted by Gasteiger charge is -2.39. The van der Waals surface area contributed by atoms with Gasteiger partial charge in [0.15, 0.2) is 15.8 Å². The van der Waals surface area contributed by atoms with E-state index >= 15 is 0 Å². The van der Waals surface area contributed by atoms with Gasteiger partial charge in [0.05, 0.1) is 10.5 Å². The lowest BCUT2D eigenvalue weighted by Crippen LogP contribution is -2.57. The molecule has 1 aromatic carbocycles. The van der Waals surface area contributed by atoms with Crippen molar-refractivity contribution in [2.24, 2.45) is 16.8 Å². The van der Waals surface area contributed by atoms with E-state index in [0.717, 1.165) is 25.0 Å². The van der Waals surface area contributed by atoms with Crippen molar-refractivity contribution in [1.82, 2.24) is 10.2 Å². The molecule has 7 heteroatoms. The summed E-state index contributed by atoms with van der Waals surface area (Å²) in [5, 5.41) is 3.38. The van der Waals surface area contributed by atoms with Gasteiger partial charge >= 0.3 is 0 Å². The molecule has 1 saturated carbocycles. The van der Waals surface area contributed by atoms with Crippen LogP contribution in [0, 0.1) is 11.8 Å². The summed E-state index contributed by atoms with van der Waals surface area (Å²) in [6.07, 6.45) is 2.46. The zero-order valence-corrected chi connectivity index (χ0v) is 20.2. The van der Waals surface area contributed by atoms with Crippen molar-refractivity contribution in [1.29, 1.82) is 0 Å². The average molecular weight is 517 g/mol. The minimum Gasteiger partial charge on any atom is -0.357 e. The molecule has 0 aromatic heterocycles. The van der Waals surface area contributed by atoms with Crippen LogP contribution in [-0.2, 0) is 16.3 Å². The van der Waals surface area contributed by atoms with Crippen molar-refractivity contribution in [3.63, 3.8) is 0 Å². The van der Waals surface area contributed by atoms with Crippen LogP contribution < -0.4 is 5.32 Å². The topological polar surface area (TPSA) is 61.8 Å². The Morgan fingerprint density at radius 2 is 2.07 bits per heavy atom. The molecular weight excluding hydrogens is 485 g/mol. The molecule has 1 aromatic rings. The summed E-state index contributed by atoms with van der Waals surface area (Å²) in [6, 6.07) is 8.86. The fourth-order valence-corrected chi connectivity index (χ4v) is 6.27. The fourth-order valence-electron chi connectivity index (χ4n) is 4.90. The molecule has 0 radical (unpaired) electrons. The largest absolute Gasteiger partial charge is 0.357 e. The number of nitrogens with one attached hydrogen (secondary N) is 1. The molecule has 0 spiro atoms. The number of hydrogen-bond acceptors (Lipinski definition) is 3. The smallest absolute Gasteiger partial charge is 0.194 e. The van der Waals surface area contributed by atoms with E-state index in [9.17, 15) is 8.42 Å². The second-order valence-electron chi connectivity index (χ2n) is 8.79. The van der Waals surface area contributed by atoms with Crippen molar-refractivity contribution in [2.75, 3.05) is 31.9 Å². The predicted octanol–water partition coefficient (Wildman–Crippen LogP) is 3.05. The van der Waals surface area contributed by atoms with Gasteiger partial charge in [-0.3, -0.25) is 4.99 Å². The Morgan fingerprint density at radius 3 is 2.79 bits per heavy atom. The number of aryl methyl sites for hydroxylation is 1. The maximum absolute atomic E-state index is 12.3. The van der Waals surface area contributed by atoms with Crippen molar-refractivity contribution in [2.45, 2.75) is 44.3 Å². The van der Waals surface area contributed by atoms with Gasteiger partial charge in [0.1, 0.15) is 0 Å². The molecule has 1 saturated heterocycles. The van der Waals surface area contributed by atoms with Crippen molar-refractivity contribution < 1.29 is 8.42 Å². The Bertz CT molecular complexity index is 853. The van der Waals surface area contributed by atoms with Gasteiger partial charge in [-0.2, -0.15) is 0 Å². The molecule has 3 unspecified atom stereocenters. The van der Waals surface area contributed by atoms with E-state index in [0.29, 0.717) is 24.9 Å². The second kappa shape index (κ2) is 8.13. The minimum atomic E-state index is -3.04. The summed E-state index contributed by atoms with van der Waals surface area (Å²) in [4.78, 5) is 7.08. The first-order chi connectivity index (χ1) is 12.8. The van der Waals surface area contributed by atoms with Crippen LogP contribution in [0.25, 0.3) is 0 Å². The molecule has 4 rings (SSSR count). The predicted molar refractivity (Wildman–Crippen MR) is 125 cm³/mol. The van der Waals surface area contributed by atoms with Crippen LogP contribution in [-0.4, -0.2) is 56.0 Å². The summed E-state index contributed by atoms with van der Waals surface area (Å²) >= 11 is 0. The Labute approximate surface area is 186 Å². The maximum atomic E-state index is 12.3. The second-order valence-corrected chi connectivity index (χ2v) is 11.5. The molecule has 2 aliphatic carbocycles. The molecule has 156 valence electrons. The summed E-state index contributed by atoms with van der Waals surface area (Å²) in [7, 11) is -3.04. The highest BCUT2D eigenvalue weighted by molar-refractivity contribution is 14.0. The van der Waals surface area contributed by atoms with E-state index < -0.39 is 14.6 Å². The summed E-state index contributed by atoms with van der Waals surface area (Å²) in [5.41, 5.74) is 3.05. The third kappa shape index (κ3) is 3.93. The molecule has 1 aliphatic heterocycles. The molecule has 0 amide bonds. The van der Waals surface area contributed by atoms with Gasteiger partial charge in [0.25, 0.3) is 0 Å². The first kappa shape index (κ1) is 21.9. The number of fused-ring (bicyclic) bond motifs is 3. The molecule has 1 N–H and O–H groups in total. The Morgan fingerprint density at radius 1 is 1.32 bits per heavy atom. The van der Waals surface area contributed by atoms with Gasteiger partial charge in [0, 0.05) is 26.2 Å². The third-order valence-electron chi connectivity index (χ3n) is 6.62. The first-order valence-corrected chi connectivity index (χ1v) is 11.8. The lowest BCUT2D eigenvalue weighted by atomic mass is 9.92. The zero-order chi connectivity index (χ0) is 19.2. The normalized spacial score (nSPS) is 29.9. The zero-order valence-electron chi connectivity index (χ0n) is 17.0. The van der Waals surface area contributed by atoms with Crippen molar-refractivity contribution >= 4 is 39.8 Å². The quantitative estimate of drug-likeness (QED) is 0.381. The first-order valence-electron chi connectivity index (χ1n) is 10.2. The summed E-state index contributed by atoms with van der Waals surface area (Å²) < 4.78 is 23.9. The van der Waals surface area contributed by atoms with Crippen LogP contribution >= 0.6 is 24.0 Å². The van der Waals surface area contributed by atoms with E-state index in [4.69, 9.17) is 4.99 Å². The fraction of sp³-hybridized carbons (Fsp3) is 0.667. The number of benzene rings is 1. The van der Waals surface area contributed by atoms with Gasteiger partial charge in [-0.1, -0.05) is 24.3 Å². The highest BCUT2D eigenvalue weighted by Crippen LogP contribution is 2.59. The van der Waals surface area contributed by atoms with E-state index in [1.165, 1.54) is 24.0 Å². The third-order valence-corrected chi connectivity index (χ3v) is 9.16. The van der Waals surface area contributed by atoms with Gasteiger partial charge in [-0.05, 0) is 62.5 Å². The molecule has 2 fully saturated rings. The van der Waals surface area contributed by atoms with Gasteiger partial charge < -0.3 is 10.2 Å². The SMILES string of the molecule is CCNC(=NCC1C2CCc3ccccc3C21)N1CCS(=O)(=O)C(C)(C)C1.I. The summed E-state index contributed by atoms with van der Waals surface area (Å²) in [5.74, 6) is 3.14. The monoisotopic (exact) mass is 517 g/mol. The van der Waals surface area contributed by atoms with Crippen LogP contribution in [0.2, 0.25) is 0 Å². The molecule has 28 heavy (non-hydrogen) atoms. The number of rotatable bonds is 3. The number of nitrogens with zero attached hydrogens (tertiary/aromatic N) is 2. The molecule has 3 aliphatic rings. The molecule has 3 atom stereocenters. The standard InChI is InChI=1S/C21H31N3O2S.HI/c1-4-22-20(24-11-12-27(25,26)21(2,3)14-24)23-13-18-17-10-9-15-7-5-6-8-16(15)19(17)18;/h5-8,17-19H,4,9-14H2,1-3H3,(H,22,23);1H. The van der Waals surface area contributed by atoms with E-state index in [1.54, 1.807) is 0 Å². The average Bonchev–Trinajstić information content (AvgIpc) is 3.35. The van der Waals surface area contributed by atoms with Crippen LogP contribution in [0.1, 0.15) is 44.2 Å². The van der Waals surface area contributed by atoms with Crippen LogP contribution in [0.15, 0.2) is 29.3 Å². The van der Waals surface area contributed by atoms with E-state index in [1.807, 2.05) is 13.8 Å². The van der Waals surface area contributed by atoms with Gasteiger partial charge in [0.2, 0.25) is 0 Å².